The molecular weight excluding hydrogens is 278 g/mol. The van der Waals surface area contributed by atoms with Crippen molar-refractivity contribution >= 4 is 5.91 Å². The summed E-state index contributed by atoms with van der Waals surface area (Å²) in [6.45, 7) is 2.19. The molecule has 6 heteroatoms. The molecule has 1 atom stereocenters. The van der Waals surface area contributed by atoms with E-state index in [4.69, 9.17) is 0 Å². The molecule has 2 aliphatic carbocycles. The van der Waals surface area contributed by atoms with Crippen LogP contribution in [0, 0.1) is 5.92 Å². The average Bonchev–Trinajstić information content (AvgIpc) is 3.47. The Hall–Kier alpha value is -2.24. The van der Waals surface area contributed by atoms with Crippen molar-refractivity contribution in [2.45, 2.75) is 44.7 Å². The summed E-state index contributed by atoms with van der Waals surface area (Å²) in [5, 5.41) is 4.07. The number of nitrogens with zero attached hydrogens (tertiary/aromatic N) is 5. The fraction of sp³-hybridized carbons (Fsp3) is 0.500. The SMILES string of the molecule is C[C@@H](C1CC1)N(C(=O)c1ccnc(-n2cncn2)c1)C1CC1. The van der Waals surface area contributed by atoms with Gasteiger partial charge in [-0.2, -0.15) is 5.10 Å². The van der Waals surface area contributed by atoms with Crippen LogP contribution in [0.25, 0.3) is 5.82 Å². The Kier molecular flexibility index (Phi) is 3.17. The molecule has 2 aliphatic rings. The normalized spacial score (nSPS) is 19.0. The van der Waals surface area contributed by atoms with Crippen molar-refractivity contribution in [3.05, 3.63) is 36.5 Å². The molecule has 0 aromatic carbocycles. The van der Waals surface area contributed by atoms with Gasteiger partial charge in [0.25, 0.3) is 5.91 Å². The maximum absolute atomic E-state index is 13.0. The first kappa shape index (κ1) is 13.4. The summed E-state index contributed by atoms with van der Waals surface area (Å²) in [4.78, 5) is 23.3. The van der Waals surface area contributed by atoms with Gasteiger partial charge in [0.1, 0.15) is 12.7 Å². The Labute approximate surface area is 129 Å². The summed E-state index contributed by atoms with van der Waals surface area (Å²) in [5.41, 5.74) is 0.680. The lowest BCUT2D eigenvalue weighted by Crippen LogP contribution is -2.41. The summed E-state index contributed by atoms with van der Waals surface area (Å²) in [5.74, 6) is 1.42. The molecule has 2 heterocycles. The highest BCUT2D eigenvalue weighted by Gasteiger charge is 2.41. The highest BCUT2D eigenvalue weighted by Crippen LogP contribution is 2.40. The monoisotopic (exact) mass is 297 g/mol. The van der Waals surface area contributed by atoms with E-state index in [0.29, 0.717) is 29.4 Å². The zero-order valence-electron chi connectivity index (χ0n) is 12.6. The zero-order valence-corrected chi connectivity index (χ0v) is 12.6. The molecule has 0 unspecified atom stereocenters. The molecule has 0 N–H and O–H groups in total. The van der Waals surface area contributed by atoms with E-state index in [1.807, 2.05) is 0 Å². The van der Waals surface area contributed by atoms with Crippen LogP contribution in [0.2, 0.25) is 0 Å². The van der Waals surface area contributed by atoms with Gasteiger partial charge in [0.15, 0.2) is 5.82 Å². The topological polar surface area (TPSA) is 63.9 Å². The number of aromatic nitrogens is 4. The van der Waals surface area contributed by atoms with Crippen molar-refractivity contribution in [1.82, 2.24) is 24.6 Å². The van der Waals surface area contributed by atoms with Gasteiger partial charge >= 0.3 is 0 Å². The first-order chi connectivity index (χ1) is 10.7. The Balaban J connectivity index is 1.62. The van der Waals surface area contributed by atoms with E-state index in [0.717, 1.165) is 12.8 Å². The van der Waals surface area contributed by atoms with Crippen molar-refractivity contribution in [2.24, 2.45) is 5.92 Å². The van der Waals surface area contributed by atoms with Crippen molar-refractivity contribution < 1.29 is 4.79 Å². The molecule has 0 spiro atoms. The van der Waals surface area contributed by atoms with Crippen LogP contribution in [0.5, 0.6) is 0 Å². The van der Waals surface area contributed by atoms with E-state index in [2.05, 4.69) is 26.9 Å². The fourth-order valence-corrected chi connectivity index (χ4v) is 2.99. The number of hydrogen-bond donors (Lipinski definition) is 0. The Morgan fingerprint density at radius 1 is 1.36 bits per heavy atom. The fourth-order valence-electron chi connectivity index (χ4n) is 2.99. The molecular formula is C16H19N5O. The van der Waals surface area contributed by atoms with Gasteiger partial charge in [0.05, 0.1) is 0 Å². The van der Waals surface area contributed by atoms with Gasteiger partial charge in [-0.25, -0.2) is 14.6 Å². The van der Waals surface area contributed by atoms with Crippen molar-refractivity contribution in [3.63, 3.8) is 0 Å². The van der Waals surface area contributed by atoms with Gasteiger partial charge in [-0.3, -0.25) is 4.79 Å². The molecule has 2 fully saturated rings. The third-order valence-electron chi connectivity index (χ3n) is 4.56. The Morgan fingerprint density at radius 2 is 2.18 bits per heavy atom. The van der Waals surface area contributed by atoms with E-state index in [9.17, 15) is 4.79 Å². The van der Waals surface area contributed by atoms with Gasteiger partial charge in [0, 0.05) is 23.8 Å². The Morgan fingerprint density at radius 3 is 2.82 bits per heavy atom. The van der Waals surface area contributed by atoms with Gasteiger partial charge in [-0.1, -0.05) is 0 Å². The molecule has 4 rings (SSSR count). The molecule has 2 aromatic heterocycles. The molecule has 22 heavy (non-hydrogen) atoms. The lowest BCUT2D eigenvalue weighted by atomic mass is 10.1. The summed E-state index contributed by atoms with van der Waals surface area (Å²) in [6, 6.07) is 4.35. The predicted molar refractivity (Wildman–Crippen MR) is 80.5 cm³/mol. The number of amides is 1. The van der Waals surface area contributed by atoms with Gasteiger partial charge in [-0.05, 0) is 50.7 Å². The summed E-state index contributed by atoms with van der Waals surface area (Å²) < 4.78 is 1.57. The molecule has 0 saturated heterocycles. The van der Waals surface area contributed by atoms with Gasteiger partial charge in [-0.15, -0.1) is 0 Å². The average molecular weight is 297 g/mol. The van der Waals surface area contributed by atoms with Crippen LogP contribution >= 0.6 is 0 Å². The quantitative estimate of drug-likeness (QED) is 0.847. The van der Waals surface area contributed by atoms with Gasteiger partial charge < -0.3 is 4.90 Å². The second-order valence-electron chi connectivity index (χ2n) is 6.26. The van der Waals surface area contributed by atoms with E-state index in [1.165, 1.54) is 19.2 Å². The second kappa shape index (κ2) is 5.19. The van der Waals surface area contributed by atoms with E-state index >= 15 is 0 Å². The van der Waals surface area contributed by atoms with Crippen LogP contribution in [0.1, 0.15) is 43.0 Å². The lowest BCUT2D eigenvalue weighted by Gasteiger charge is -2.29. The maximum atomic E-state index is 13.0. The number of pyridine rings is 1. The molecule has 114 valence electrons. The minimum atomic E-state index is 0.116. The van der Waals surface area contributed by atoms with Crippen LogP contribution in [0.15, 0.2) is 31.0 Å². The highest BCUT2D eigenvalue weighted by atomic mass is 16.2. The predicted octanol–water partition coefficient (Wildman–Crippen LogP) is 2.07. The molecule has 0 bridgehead atoms. The van der Waals surface area contributed by atoms with Crippen LogP contribution in [-0.4, -0.2) is 42.6 Å². The summed E-state index contributed by atoms with van der Waals surface area (Å²) in [6.07, 6.45) is 9.46. The number of hydrogen-bond acceptors (Lipinski definition) is 4. The minimum Gasteiger partial charge on any atom is -0.333 e. The minimum absolute atomic E-state index is 0.116. The summed E-state index contributed by atoms with van der Waals surface area (Å²) >= 11 is 0. The number of carbonyl (C=O) groups is 1. The third kappa shape index (κ3) is 2.49. The third-order valence-corrected chi connectivity index (χ3v) is 4.56. The molecule has 6 nitrogen and oxygen atoms in total. The number of rotatable bonds is 5. The molecule has 2 saturated carbocycles. The van der Waals surface area contributed by atoms with E-state index in [-0.39, 0.29) is 5.91 Å². The smallest absolute Gasteiger partial charge is 0.254 e. The van der Waals surface area contributed by atoms with Crippen LogP contribution < -0.4 is 0 Å². The highest BCUT2D eigenvalue weighted by molar-refractivity contribution is 5.95. The van der Waals surface area contributed by atoms with Crippen LogP contribution in [-0.2, 0) is 0 Å². The van der Waals surface area contributed by atoms with Crippen LogP contribution in [0.3, 0.4) is 0 Å². The van der Waals surface area contributed by atoms with Crippen molar-refractivity contribution in [3.8, 4) is 5.82 Å². The lowest BCUT2D eigenvalue weighted by molar-refractivity contribution is 0.0654. The largest absolute Gasteiger partial charge is 0.333 e. The number of carbonyl (C=O) groups excluding carboxylic acids is 1. The van der Waals surface area contributed by atoms with Gasteiger partial charge in [0.2, 0.25) is 0 Å². The standard InChI is InChI=1S/C16H19N5O/c1-11(12-2-3-12)21(14-4-5-14)16(22)13-6-7-18-15(8-13)20-10-17-9-19-20/h6-12,14H,2-5H2,1H3/t11-/m0/s1. The van der Waals surface area contributed by atoms with Crippen molar-refractivity contribution in [2.75, 3.05) is 0 Å². The first-order valence-electron chi connectivity index (χ1n) is 7.88. The second-order valence-corrected chi connectivity index (χ2v) is 6.26. The van der Waals surface area contributed by atoms with Crippen LogP contribution in [0.4, 0.5) is 0 Å². The maximum Gasteiger partial charge on any atom is 0.254 e. The molecule has 0 radical (unpaired) electrons. The Bertz CT molecular complexity index is 676. The first-order valence-corrected chi connectivity index (χ1v) is 7.88. The van der Waals surface area contributed by atoms with E-state index < -0.39 is 0 Å². The van der Waals surface area contributed by atoms with E-state index in [1.54, 1.807) is 29.3 Å². The molecule has 2 aromatic rings. The zero-order chi connectivity index (χ0) is 15.1. The molecule has 0 aliphatic heterocycles. The molecule has 1 amide bonds. The summed E-state index contributed by atoms with van der Waals surface area (Å²) in [7, 11) is 0. The van der Waals surface area contributed by atoms with Crippen molar-refractivity contribution in [1.29, 1.82) is 0 Å².